The van der Waals surface area contributed by atoms with Crippen LogP contribution < -0.4 is 15.4 Å². The van der Waals surface area contributed by atoms with Crippen molar-refractivity contribution in [2.75, 3.05) is 23.5 Å². The van der Waals surface area contributed by atoms with Gasteiger partial charge in [-0.25, -0.2) is 8.42 Å². The molecule has 30 heavy (non-hydrogen) atoms. The molecule has 7 nitrogen and oxygen atoms in total. The number of methoxy groups -OCH3 is 1. The number of hydrogen-bond donors (Lipinski definition) is 2. The minimum Gasteiger partial charge on any atom is -0.495 e. The van der Waals surface area contributed by atoms with Crippen molar-refractivity contribution in [2.45, 2.75) is 35.8 Å². The monoisotopic (exact) mass is 448 g/mol. The van der Waals surface area contributed by atoms with E-state index in [4.69, 9.17) is 4.74 Å². The summed E-state index contributed by atoms with van der Waals surface area (Å²) in [6.07, 6.45) is 0. The Kier molecular flexibility index (Phi) is 6.42. The van der Waals surface area contributed by atoms with Gasteiger partial charge < -0.3 is 15.4 Å². The molecule has 0 aliphatic carbocycles. The largest absolute Gasteiger partial charge is 0.495 e. The maximum absolute atomic E-state index is 12.9. The zero-order valence-electron chi connectivity index (χ0n) is 17.2. The fourth-order valence-corrected chi connectivity index (χ4v) is 5.56. The second kappa shape index (κ2) is 8.69. The quantitative estimate of drug-likeness (QED) is 0.702. The van der Waals surface area contributed by atoms with Crippen LogP contribution in [0.25, 0.3) is 0 Å². The molecule has 1 heterocycles. The molecule has 0 fully saturated rings. The van der Waals surface area contributed by atoms with E-state index in [1.54, 1.807) is 32.0 Å². The van der Waals surface area contributed by atoms with Gasteiger partial charge in [-0.2, -0.15) is 0 Å². The van der Waals surface area contributed by atoms with Crippen LogP contribution in [0.5, 0.6) is 5.75 Å². The highest BCUT2D eigenvalue weighted by atomic mass is 32.2. The third-order valence-corrected chi connectivity index (χ3v) is 7.86. The van der Waals surface area contributed by atoms with Crippen molar-refractivity contribution in [3.05, 3.63) is 42.0 Å². The number of fused-ring (bicyclic) bond motifs is 1. The molecule has 0 radical (unpaired) electrons. The van der Waals surface area contributed by atoms with Crippen molar-refractivity contribution in [1.29, 1.82) is 0 Å². The van der Waals surface area contributed by atoms with Gasteiger partial charge in [-0.15, -0.1) is 11.8 Å². The first-order valence-electron chi connectivity index (χ1n) is 9.40. The Hall–Kier alpha value is -2.52. The molecule has 2 aromatic rings. The van der Waals surface area contributed by atoms with Crippen LogP contribution in [-0.4, -0.2) is 38.3 Å². The van der Waals surface area contributed by atoms with Crippen molar-refractivity contribution in [3.63, 3.8) is 0 Å². The Morgan fingerprint density at radius 2 is 2.00 bits per heavy atom. The molecule has 2 atom stereocenters. The van der Waals surface area contributed by atoms with E-state index < -0.39 is 21.7 Å². The lowest BCUT2D eigenvalue weighted by Gasteiger charge is -2.22. The summed E-state index contributed by atoms with van der Waals surface area (Å²) in [4.78, 5) is 25.4. The summed E-state index contributed by atoms with van der Waals surface area (Å²) in [6.45, 7) is 5.24. The molecule has 3 rings (SSSR count). The van der Waals surface area contributed by atoms with Gasteiger partial charge >= 0.3 is 0 Å². The molecule has 9 heteroatoms. The Morgan fingerprint density at radius 1 is 1.27 bits per heavy atom. The van der Waals surface area contributed by atoms with Crippen LogP contribution in [0, 0.1) is 12.8 Å². The van der Waals surface area contributed by atoms with E-state index in [1.165, 1.54) is 31.0 Å². The highest BCUT2D eigenvalue weighted by Gasteiger charge is 2.27. The smallest absolute Gasteiger partial charge is 0.237 e. The minimum atomic E-state index is -3.74. The van der Waals surface area contributed by atoms with Crippen LogP contribution in [0.3, 0.4) is 0 Å². The van der Waals surface area contributed by atoms with Gasteiger partial charge in [0.1, 0.15) is 5.75 Å². The average molecular weight is 449 g/mol. The summed E-state index contributed by atoms with van der Waals surface area (Å²) in [6, 6.07) is 10.0. The lowest BCUT2D eigenvalue weighted by atomic mass is 10.1. The van der Waals surface area contributed by atoms with E-state index >= 15 is 0 Å². The third kappa shape index (κ3) is 4.79. The first kappa shape index (κ1) is 22.2. The predicted octanol–water partition coefficient (Wildman–Crippen LogP) is 3.48. The van der Waals surface area contributed by atoms with Crippen LogP contribution in [0.4, 0.5) is 11.4 Å². The maximum Gasteiger partial charge on any atom is 0.237 e. The molecule has 0 saturated carbocycles. The number of carbonyl (C=O) groups is 2. The third-order valence-electron chi connectivity index (χ3n) is 4.77. The highest BCUT2D eigenvalue weighted by molar-refractivity contribution is 8.01. The molecule has 2 amide bonds. The van der Waals surface area contributed by atoms with Crippen LogP contribution in [0.15, 0.2) is 46.2 Å². The molecule has 2 aromatic carbocycles. The van der Waals surface area contributed by atoms with E-state index in [-0.39, 0.29) is 21.8 Å². The number of rotatable bonds is 6. The van der Waals surface area contributed by atoms with E-state index in [1.807, 2.05) is 13.0 Å². The molecule has 1 aliphatic heterocycles. The van der Waals surface area contributed by atoms with E-state index in [0.717, 1.165) is 10.5 Å². The summed E-state index contributed by atoms with van der Waals surface area (Å²) in [5.74, 6) is -1.23. The molecular weight excluding hydrogens is 424 g/mol. The molecule has 0 aromatic heterocycles. The molecule has 1 aliphatic rings. The van der Waals surface area contributed by atoms with E-state index in [0.29, 0.717) is 17.1 Å². The zero-order valence-corrected chi connectivity index (χ0v) is 18.8. The lowest BCUT2D eigenvalue weighted by molar-refractivity contribution is -0.119. The Labute approximate surface area is 180 Å². The van der Waals surface area contributed by atoms with Crippen LogP contribution >= 0.6 is 11.8 Å². The molecular formula is C21H24N2O5S2. The van der Waals surface area contributed by atoms with Gasteiger partial charge in [0.2, 0.25) is 11.8 Å². The standard InChI is InChI=1S/C21H24N2O5S2/c1-12-5-7-18(28-4)16(9-12)22-20(24)13(2)11-30(26,27)15-6-8-19-17(10-15)23-21(25)14(3)29-19/h5-10,13-14H,11H2,1-4H3,(H,22,24)(H,23,25)/t13-,14-/m0/s1. The lowest BCUT2D eigenvalue weighted by Crippen LogP contribution is -2.28. The van der Waals surface area contributed by atoms with Crippen LogP contribution in [-0.2, 0) is 19.4 Å². The second-order valence-corrected chi connectivity index (χ2v) is 10.7. The van der Waals surface area contributed by atoms with Crippen LogP contribution in [0.2, 0.25) is 0 Å². The van der Waals surface area contributed by atoms with Gasteiger partial charge in [0.25, 0.3) is 0 Å². The zero-order chi connectivity index (χ0) is 22.1. The SMILES string of the molecule is COc1ccc(C)cc1NC(=O)[C@@H](C)CS(=O)(=O)c1ccc2c(c1)NC(=O)[C@H](C)S2. The Bertz CT molecular complexity index is 1100. The number of benzene rings is 2. The number of ether oxygens (including phenoxy) is 1. The fourth-order valence-electron chi connectivity index (χ4n) is 3.06. The summed E-state index contributed by atoms with van der Waals surface area (Å²) in [7, 11) is -2.24. The first-order valence-corrected chi connectivity index (χ1v) is 11.9. The van der Waals surface area contributed by atoms with Crippen molar-refractivity contribution in [3.8, 4) is 5.75 Å². The highest BCUT2D eigenvalue weighted by Crippen LogP contribution is 2.37. The number of amides is 2. The number of aryl methyl sites for hydroxylation is 1. The number of thioether (sulfide) groups is 1. The Morgan fingerprint density at radius 3 is 2.70 bits per heavy atom. The number of nitrogens with one attached hydrogen (secondary N) is 2. The summed E-state index contributed by atoms with van der Waals surface area (Å²) in [5.41, 5.74) is 1.91. The Balaban J connectivity index is 1.75. The summed E-state index contributed by atoms with van der Waals surface area (Å²) in [5, 5.41) is 5.25. The number of anilines is 2. The molecule has 0 spiro atoms. The van der Waals surface area contributed by atoms with E-state index in [2.05, 4.69) is 10.6 Å². The molecule has 0 saturated heterocycles. The van der Waals surface area contributed by atoms with Gasteiger partial charge in [-0.05, 0) is 49.7 Å². The topological polar surface area (TPSA) is 102 Å². The summed E-state index contributed by atoms with van der Waals surface area (Å²) >= 11 is 1.38. The van der Waals surface area contributed by atoms with Crippen molar-refractivity contribution < 1.29 is 22.7 Å². The predicted molar refractivity (Wildman–Crippen MR) is 118 cm³/mol. The summed E-state index contributed by atoms with van der Waals surface area (Å²) < 4.78 is 31.0. The molecule has 0 bridgehead atoms. The first-order chi connectivity index (χ1) is 14.1. The van der Waals surface area contributed by atoms with Gasteiger partial charge in [0, 0.05) is 10.8 Å². The molecule has 0 unspecified atom stereocenters. The minimum absolute atomic E-state index is 0.0736. The average Bonchev–Trinajstić information content (AvgIpc) is 2.68. The second-order valence-electron chi connectivity index (χ2n) is 7.28. The van der Waals surface area contributed by atoms with Crippen molar-refractivity contribution in [1.82, 2.24) is 0 Å². The number of carbonyl (C=O) groups excluding carboxylic acids is 2. The normalized spacial score (nSPS) is 16.9. The van der Waals surface area contributed by atoms with Crippen LogP contribution in [0.1, 0.15) is 19.4 Å². The van der Waals surface area contributed by atoms with Gasteiger partial charge in [-0.3, -0.25) is 9.59 Å². The van der Waals surface area contributed by atoms with Crippen molar-refractivity contribution in [2.24, 2.45) is 5.92 Å². The van der Waals surface area contributed by atoms with Gasteiger partial charge in [-0.1, -0.05) is 13.0 Å². The van der Waals surface area contributed by atoms with Crippen molar-refractivity contribution >= 4 is 44.8 Å². The van der Waals surface area contributed by atoms with Gasteiger partial charge in [0.05, 0.1) is 34.4 Å². The van der Waals surface area contributed by atoms with Gasteiger partial charge in [0.15, 0.2) is 9.84 Å². The van der Waals surface area contributed by atoms with E-state index in [9.17, 15) is 18.0 Å². The fraction of sp³-hybridized carbons (Fsp3) is 0.333. The maximum atomic E-state index is 12.9. The number of hydrogen-bond acceptors (Lipinski definition) is 6. The molecule has 2 N–H and O–H groups in total. The molecule has 160 valence electrons. The number of sulfone groups is 1.